The van der Waals surface area contributed by atoms with Crippen molar-refractivity contribution in [2.75, 3.05) is 7.11 Å². The number of phenolic OH excluding ortho intramolecular Hbond substituents is 1. The number of halogens is 2. The summed E-state index contributed by atoms with van der Waals surface area (Å²) in [5.41, 5.74) is 1.81. The Morgan fingerprint density at radius 3 is 2.43 bits per heavy atom. The van der Waals surface area contributed by atoms with Gasteiger partial charge in [-0.15, -0.1) is 0 Å². The molecule has 2 aromatic carbocycles. The molecule has 0 saturated heterocycles. The van der Waals surface area contributed by atoms with E-state index in [4.69, 9.17) is 27.9 Å². The number of hydrogen-bond acceptors (Lipinski definition) is 3. The fraction of sp³-hybridized carbons (Fsp3) is 0.250. The minimum Gasteiger partial charge on any atom is -0.504 e. The van der Waals surface area contributed by atoms with Crippen LogP contribution in [0.2, 0.25) is 10.0 Å². The number of phenols is 1. The summed E-state index contributed by atoms with van der Waals surface area (Å²) >= 11 is 11.9. The largest absolute Gasteiger partial charge is 0.504 e. The van der Waals surface area contributed by atoms with Crippen molar-refractivity contribution < 1.29 is 9.84 Å². The molecule has 0 fully saturated rings. The zero-order chi connectivity index (χ0) is 15.4. The highest BCUT2D eigenvalue weighted by atomic mass is 35.5. The van der Waals surface area contributed by atoms with Crippen LogP contribution in [0, 0.1) is 0 Å². The smallest absolute Gasteiger partial charge is 0.162 e. The summed E-state index contributed by atoms with van der Waals surface area (Å²) in [7, 11) is 1.50. The van der Waals surface area contributed by atoms with E-state index in [-0.39, 0.29) is 11.8 Å². The van der Waals surface area contributed by atoms with E-state index in [0.29, 0.717) is 27.9 Å². The molecule has 5 heteroatoms. The third-order valence-corrected chi connectivity index (χ3v) is 3.78. The van der Waals surface area contributed by atoms with Crippen LogP contribution in [0.3, 0.4) is 0 Å². The zero-order valence-corrected chi connectivity index (χ0v) is 13.4. The highest BCUT2D eigenvalue weighted by Gasteiger charge is 2.11. The third-order valence-electron chi connectivity index (χ3n) is 3.31. The van der Waals surface area contributed by atoms with Crippen molar-refractivity contribution in [1.82, 2.24) is 5.32 Å². The molecule has 0 aliphatic carbocycles. The summed E-state index contributed by atoms with van der Waals surface area (Å²) in [6.07, 6.45) is 0. The second kappa shape index (κ2) is 7.03. The summed E-state index contributed by atoms with van der Waals surface area (Å²) in [4.78, 5) is 0. The molecule has 0 heterocycles. The Balaban J connectivity index is 2.09. The number of hydrogen-bond donors (Lipinski definition) is 2. The lowest BCUT2D eigenvalue weighted by Gasteiger charge is -2.16. The lowest BCUT2D eigenvalue weighted by atomic mass is 10.1. The Morgan fingerprint density at radius 2 is 1.81 bits per heavy atom. The van der Waals surface area contributed by atoms with Gasteiger partial charge in [-0.1, -0.05) is 35.3 Å². The molecule has 3 nitrogen and oxygen atoms in total. The number of aromatic hydroxyl groups is 1. The Bertz CT molecular complexity index is 614. The van der Waals surface area contributed by atoms with Crippen LogP contribution in [-0.4, -0.2) is 12.2 Å². The van der Waals surface area contributed by atoms with Crippen molar-refractivity contribution in [3.8, 4) is 11.5 Å². The first-order valence-corrected chi connectivity index (χ1v) is 7.31. The van der Waals surface area contributed by atoms with E-state index < -0.39 is 0 Å². The van der Waals surface area contributed by atoms with Crippen LogP contribution in [0.5, 0.6) is 11.5 Å². The molecular formula is C16H17Cl2NO2. The van der Waals surface area contributed by atoms with Gasteiger partial charge in [0.1, 0.15) is 0 Å². The van der Waals surface area contributed by atoms with Crippen LogP contribution in [-0.2, 0) is 6.54 Å². The molecule has 2 rings (SSSR count). The molecule has 0 spiro atoms. The van der Waals surface area contributed by atoms with E-state index in [9.17, 15) is 5.11 Å². The predicted molar refractivity (Wildman–Crippen MR) is 86.4 cm³/mol. The molecule has 0 amide bonds. The van der Waals surface area contributed by atoms with Gasteiger partial charge in [-0.05, 0) is 30.7 Å². The number of rotatable bonds is 5. The van der Waals surface area contributed by atoms with Gasteiger partial charge in [0.2, 0.25) is 0 Å². The average molecular weight is 326 g/mol. The van der Waals surface area contributed by atoms with E-state index in [1.165, 1.54) is 7.11 Å². The lowest BCUT2D eigenvalue weighted by molar-refractivity contribution is 0.369. The molecule has 0 aliphatic rings. The Morgan fingerprint density at radius 1 is 1.14 bits per heavy atom. The number of benzene rings is 2. The minimum atomic E-state index is 0.109. The van der Waals surface area contributed by atoms with Crippen molar-refractivity contribution in [3.05, 3.63) is 57.6 Å². The molecular weight excluding hydrogens is 309 g/mol. The third kappa shape index (κ3) is 4.03. The second-order valence-corrected chi connectivity index (χ2v) is 5.64. The maximum Gasteiger partial charge on any atom is 0.162 e. The fourth-order valence-corrected chi connectivity index (χ4v) is 2.41. The Labute approximate surface area is 134 Å². The quantitative estimate of drug-likeness (QED) is 0.846. The zero-order valence-electron chi connectivity index (χ0n) is 11.9. The number of methoxy groups -OCH3 is 1. The van der Waals surface area contributed by atoms with Gasteiger partial charge in [-0.3, -0.25) is 0 Å². The molecule has 1 unspecified atom stereocenters. The molecule has 2 N–H and O–H groups in total. The summed E-state index contributed by atoms with van der Waals surface area (Å²) in [6.45, 7) is 2.52. The second-order valence-electron chi connectivity index (χ2n) is 4.77. The van der Waals surface area contributed by atoms with E-state index >= 15 is 0 Å². The summed E-state index contributed by atoms with van der Waals surface area (Å²) < 4.78 is 5.09. The van der Waals surface area contributed by atoms with Crippen molar-refractivity contribution >= 4 is 23.2 Å². The van der Waals surface area contributed by atoms with Crippen molar-refractivity contribution in [1.29, 1.82) is 0 Å². The predicted octanol–water partition coefficient (Wildman–Crippen LogP) is 4.56. The molecule has 0 bridgehead atoms. The maximum atomic E-state index is 10.1. The highest BCUT2D eigenvalue weighted by Crippen LogP contribution is 2.33. The van der Waals surface area contributed by atoms with Crippen LogP contribution >= 0.6 is 23.2 Å². The van der Waals surface area contributed by atoms with Gasteiger partial charge in [0, 0.05) is 34.3 Å². The van der Waals surface area contributed by atoms with Crippen LogP contribution in [0.1, 0.15) is 24.1 Å². The van der Waals surface area contributed by atoms with E-state index in [1.54, 1.807) is 12.1 Å². The van der Waals surface area contributed by atoms with E-state index in [1.807, 2.05) is 31.2 Å². The SMILES string of the molecule is COc1cc(Cl)cc(CNC(C)c2ccc(Cl)cc2)c1O. The topological polar surface area (TPSA) is 41.5 Å². The van der Waals surface area contributed by atoms with Crippen molar-refractivity contribution in [3.63, 3.8) is 0 Å². The average Bonchev–Trinajstić information content (AvgIpc) is 2.48. The highest BCUT2D eigenvalue weighted by molar-refractivity contribution is 6.31. The molecule has 0 aliphatic heterocycles. The molecule has 21 heavy (non-hydrogen) atoms. The fourth-order valence-electron chi connectivity index (χ4n) is 2.05. The normalized spacial score (nSPS) is 12.2. The first-order chi connectivity index (χ1) is 10.0. The van der Waals surface area contributed by atoms with E-state index in [0.717, 1.165) is 5.56 Å². The minimum absolute atomic E-state index is 0.109. The van der Waals surface area contributed by atoms with Crippen molar-refractivity contribution in [2.24, 2.45) is 0 Å². The van der Waals surface area contributed by atoms with Gasteiger partial charge in [0.15, 0.2) is 11.5 Å². The van der Waals surface area contributed by atoms with Gasteiger partial charge >= 0.3 is 0 Å². The maximum absolute atomic E-state index is 10.1. The van der Waals surface area contributed by atoms with Gasteiger partial charge in [0.25, 0.3) is 0 Å². The molecule has 1 atom stereocenters. The molecule has 112 valence electrons. The van der Waals surface area contributed by atoms with Gasteiger partial charge in [-0.2, -0.15) is 0 Å². The first-order valence-electron chi connectivity index (χ1n) is 6.55. The molecule has 0 aromatic heterocycles. The summed E-state index contributed by atoms with van der Waals surface area (Å²) in [5.74, 6) is 0.483. The number of ether oxygens (including phenoxy) is 1. The molecule has 0 saturated carbocycles. The number of nitrogens with one attached hydrogen (secondary N) is 1. The summed E-state index contributed by atoms with van der Waals surface area (Å²) in [5, 5.41) is 14.7. The van der Waals surface area contributed by atoms with E-state index in [2.05, 4.69) is 5.32 Å². The van der Waals surface area contributed by atoms with Gasteiger partial charge in [0.05, 0.1) is 7.11 Å². The van der Waals surface area contributed by atoms with Crippen molar-refractivity contribution in [2.45, 2.75) is 19.5 Å². The van der Waals surface area contributed by atoms with Gasteiger partial charge in [-0.25, -0.2) is 0 Å². The molecule has 0 radical (unpaired) electrons. The summed E-state index contributed by atoms with van der Waals surface area (Å²) in [6, 6.07) is 11.1. The van der Waals surface area contributed by atoms with Crippen LogP contribution < -0.4 is 10.1 Å². The van der Waals surface area contributed by atoms with Crippen LogP contribution in [0.25, 0.3) is 0 Å². The Kier molecular flexibility index (Phi) is 5.34. The van der Waals surface area contributed by atoms with Crippen LogP contribution in [0.15, 0.2) is 36.4 Å². The Hall–Kier alpha value is -1.42. The van der Waals surface area contributed by atoms with Gasteiger partial charge < -0.3 is 15.2 Å². The first kappa shape index (κ1) is 16.0. The lowest BCUT2D eigenvalue weighted by Crippen LogP contribution is -2.18. The standard InChI is InChI=1S/C16H17Cl2NO2/c1-10(11-3-5-13(17)6-4-11)19-9-12-7-14(18)8-15(21-2)16(12)20/h3-8,10,19-20H,9H2,1-2H3. The van der Waals surface area contributed by atoms with Crippen LogP contribution in [0.4, 0.5) is 0 Å². The molecule has 2 aromatic rings. The monoisotopic (exact) mass is 325 g/mol.